The molecule has 0 aromatic heterocycles. The zero-order valence-corrected chi connectivity index (χ0v) is 16.6. The van der Waals surface area contributed by atoms with E-state index < -0.39 is 35.8 Å². The Balaban J connectivity index is 1.53. The third-order valence-corrected chi connectivity index (χ3v) is 4.92. The molecule has 160 valence electrons. The number of rotatable bonds is 8. The molecule has 2 heterocycles. The number of hydrogen-bond acceptors (Lipinski definition) is 7. The summed E-state index contributed by atoms with van der Waals surface area (Å²) in [7, 11) is 1.47. The average molecular weight is 417 g/mol. The van der Waals surface area contributed by atoms with Crippen molar-refractivity contribution in [3.8, 4) is 0 Å². The number of piperidine rings is 1. The molecule has 10 nitrogen and oxygen atoms in total. The van der Waals surface area contributed by atoms with Gasteiger partial charge in [0.05, 0.1) is 17.7 Å². The predicted molar refractivity (Wildman–Crippen MR) is 103 cm³/mol. The molecule has 3 rings (SSSR count). The first kappa shape index (κ1) is 21.4. The summed E-state index contributed by atoms with van der Waals surface area (Å²) in [5, 5.41) is 4.51. The van der Waals surface area contributed by atoms with Crippen molar-refractivity contribution < 1.29 is 33.4 Å². The number of amides is 5. The fraction of sp³-hybridized carbons (Fsp3) is 0.450. The number of nitrogens with one attached hydrogen (secondary N) is 2. The van der Waals surface area contributed by atoms with E-state index in [1.807, 2.05) is 0 Å². The Labute approximate surface area is 172 Å². The van der Waals surface area contributed by atoms with Crippen LogP contribution >= 0.6 is 0 Å². The van der Waals surface area contributed by atoms with Crippen LogP contribution < -0.4 is 10.6 Å². The molecule has 1 fully saturated rings. The molecule has 2 N–H and O–H groups in total. The summed E-state index contributed by atoms with van der Waals surface area (Å²) < 4.78 is 10.2. The van der Waals surface area contributed by atoms with Crippen LogP contribution in [-0.2, 0) is 25.5 Å². The molecule has 5 amide bonds. The van der Waals surface area contributed by atoms with Crippen LogP contribution in [0.2, 0.25) is 0 Å². The molecule has 0 saturated carbocycles. The molecule has 1 atom stereocenters. The summed E-state index contributed by atoms with van der Waals surface area (Å²) >= 11 is 0. The Bertz CT molecular complexity index is 883. The minimum atomic E-state index is -0.969. The van der Waals surface area contributed by atoms with Gasteiger partial charge in [-0.1, -0.05) is 6.07 Å². The second kappa shape index (κ2) is 9.49. The number of hydrogen-bond donors (Lipinski definition) is 2. The summed E-state index contributed by atoms with van der Waals surface area (Å²) in [6.07, 6.45) is 1.01. The Morgan fingerprint density at radius 2 is 1.90 bits per heavy atom. The normalized spacial score (nSPS) is 18.3. The van der Waals surface area contributed by atoms with E-state index in [1.165, 1.54) is 7.05 Å². The predicted octanol–water partition coefficient (Wildman–Crippen LogP) is 0.393. The number of carbonyl (C=O) groups excluding carboxylic acids is 5. The van der Waals surface area contributed by atoms with Crippen LogP contribution in [0.1, 0.15) is 45.5 Å². The minimum Gasteiger partial charge on any atom is -0.447 e. The molecular formula is C20H23N3O7. The van der Waals surface area contributed by atoms with Gasteiger partial charge < -0.3 is 14.8 Å². The number of nitrogens with zero attached hydrogens (tertiary/aromatic N) is 1. The molecule has 1 aromatic rings. The van der Waals surface area contributed by atoms with Gasteiger partial charge in [0.15, 0.2) is 0 Å². The highest BCUT2D eigenvalue weighted by Crippen LogP contribution is 2.28. The average Bonchev–Trinajstić information content (AvgIpc) is 2.97. The van der Waals surface area contributed by atoms with E-state index in [0.29, 0.717) is 19.4 Å². The van der Waals surface area contributed by atoms with Crippen LogP contribution in [-0.4, -0.2) is 67.5 Å². The number of alkyl carbamates (subject to hydrolysis) is 1. The Kier molecular flexibility index (Phi) is 6.78. The molecule has 0 radical (unpaired) electrons. The lowest BCUT2D eigenvalue weighted by molar-refractivity contribution is -0.136. The highest BCUT2D eigenvalue weighted by Gasteiger charge is 2.44. The molecule has 2 aliphatic rings. The van der Waals surface area contributed by atoms with E-state index in [1.54, 1.807) is 18.2 Å². The summed E-state index contributed by atoms with van der Waals surface area (Å²) in [6, 6.07) is 4.06. The first-order valence-electron chi connectivity index (χ1n) is 9.69. The molecule has 1 unspecified atom stereocenters. The summed E-state index contributed by atoms with van der Waals surface area (Å²) in [5.74, 6) is -2.07. The maximum atomic E-state index is 12.8. The monoisotopic (exact) mass is 417 g/mol. The fourth-order valence-electron chi connectivity index (χ4n) is 3.42. The van der Waals surface area contributed by atoms with Crippen molar-refractivity contribution in [2.45, 2.75) is 31.7 Å². The van der Waals surface area contributed by atoms with Gasteiger partial charge in [-0.3, -0.25) is 29.4 Å². The van der Waals surface area contributed by atoms with Crippen molar-refractivity contribution in [1.82, 2.24) is 15.5 Å². The van der Waals surface area contributed by atoms with E-state index >= 15 is 0 Å². The third-order valence-electron chi connectivity index (χ3n) is 4.92. The van der Waals surface area contributed by atoms with E-state index in [4.69, 9.17) is 9.47 Å². The van der Waals surface area contributed by atoms with Gasteiger partial charge >= 0.3 is 6.09 Å². The molecule has 2 aliphatic heterocycles. The Morgan fingerprint density at radius 3 is 2.63 bits per heavy atom. The zero-order valence-electron chi connectivity index (χ0n) is 16.6. The number of fused-ring (bicyclic) bond motifs is 1. The lowest BCUT2D eigenvalue weighted by atomic mass is 10.0. The number of imide groups is 2. The van der Waals surface area contributed by atoms with Crippen LogP contribution in [0.3, 0.4) is 0 Å². The van der Waals surface area contributed by atoms with Gasteiger partial charge in [0.1, 0.15) is 12.6 Å². The number of aryl methyl sites for hydroxylation is 1. The topological polar surface area (TPSA) is 131 Å². The lowest BCUT2D eigenvalue weighted by Gasteiger charge is -2.27. The van der Waals surface area contributed by atoms with Crippen LogP contribution in [0, 0.1) is 0 Å². The van der Waals surface area contributed by atoms with Gasteiger partial charge in [0, 0.05) is 20.1 Å². The molecule has 1 aromatic carbocycles. The zero-order chi connectivity index (χ0) is 21.7. The standard InChI is InChI=1S/C20H23N3O7/c1-21-20(28)30-10-9-29-8-2-3-12-4-5-13-14(11-12)19(27)23(18(13)26)15-6-7-16(24)22-17(15)25/h4-5,11,15H,2-3,6-10H2,1H3,(H,21,28)(H,22,24,25). The van der Waals surface area contributed by atoms with Gasteiger partial charge in [-0.25, -0.2) is 4.79 Å². The van der Waals surface area contributed by atoms with E-state index in [-0.39, 0.29) is 37.2 Å². The molecule has 1 saturated heterocycles. The molecule has 0 spiro atoms. The quantitative estimate of drug-likeness (QED) is 0.462. The van der Waals surface area contributed by atoms with Crippen molar-refractivity contribution >= 4 is 29.7 Å². The van der Waals surface area contributed by atoms with Crippen LogP contribution in [0.5, 0.6) is 0 Å². The van der Waals surface area contributed by atoms with E-state index in [0.717, 1.165) is 10.5 Å². The SMILES string of the molecule is CNC(=O)OCCOCCCc1ccc2c(c1)C(=O)N(C1CCC(=O)NC1=O)C2=O. The minimum absolute atomic E-state index is 0.0865. The van der Waals surface area contributed by atoms with Crippen LogP contribution in [0.4, 0.5) is 4.79 Å². The van der Waals surface area contributed by atoms with E-state index in [2.05, 4.69) is 10.6 Å². The van der Waals surface area contributed by atoms with Crippen molar-refractivity contribution in [2.24, 2.45) is 0 Å². The summed E-state index contributed by atoms with van der Waals surface area (Å²) in [4.78, 5) is 60.7. The third kappa shape index (κ3) is 4.65. The largest absolute Gasteiger partial charge is 0.447 e. The van der Waals surface area contributed by atoms with Gasteiger partial charge in [0.25, 0.3) is 11.8 Å². The number of carbonyl (C=O) groups is 5. The summed E-state index contributed by atoms with van der Waals surface area (Å²) in [6.45, 7) is 0.889. The van der Waals surface area contributed by atoms with Crippen LogP contribution in [0.25, 0.3) is 0 Å². The van der Waals surface area contributed by atoms with Crippen molar-refractivity contribution in [3.63, 3.8) is 0 Å². The smallest absolute Gasteiger partial charge is 0.406 e. The van der Waals surface area contributed by atoms with Gasteiger partial charge in [-0.05, 0) is 37.0 Å². The van der Waals surface area contributed by atoms with Gasteiger partial charge in [0.2, 0.25) is 11.8 Å². The maximum absolute atomic E-state index is 12.8. The molecule has 10 heteroatoms. The molecule has 30 heavy (non-hydrogen) atoms. The number of ether oxygens (including phenoxy) is 2. The van der Waals surface area contributed by atoms with Crippen molar-refractivity contribution in [2.75, 3.05) is 26.9 Å². The second-order valence-electron chi connectivity index (χ2n) is 6.93. The highest BCUT2D eigenvalue weighted by molar-refractivity contribution is 6.23. The highest BCUT2D eigenvalue weighted by atomic mass is 16.6. The Morgan fingerprint density at radius 1 is 1.13 bits per heavy atom. The lowest BCUT2D eigenvalue weighted by Crippen LogP contribution is -2.54. The first-order chi connectivity index (χ1) is 14.4. The van der Waals surface area contributed by atoms with Crippen LogP contribution in [0.15, 0.2) is 18.2 Å². The Hall–Kier alpha value is -3.27. The number of benzene rings is 1. The molecule has 0 aliphatic carbocycles. The van der Waals surface area contributed by atoms with Crippen molar-refractivity contribution in [1.29, 1.82) is 0 Å². The summed E-state index contributed by atoms with van der Waals surface area (Å²) in [5.41, 5.74) is 1.39. The molecular weight excluding hydrogens is 394 g/mol. The van der Waals surface area contributed by atoms with E-state index in [9.17, 15) is 24.0 Å². The van der Waals surface area contributed by atoms with Gasteiger partial charge in [-0.2, -0.15) is 0 Å². The molecule has 0 bridgehead atoms. The van der Waals surface area contributed by atoms with Crippen molar-refractivity contribution in [3.05, 3.63) is 34.9 Å². The second-order valence-corrected chi connectivity index (χ2v) is 6.93. The maximum Gasteiger partial charge on any atom is 0.406 e. The fourth-order valence-corrected chi connectivity index (χ4v) is 3.42. The van der Waals surface area contributed by atoms with Gasteiger partial charge in [-0.15, -0.1) is 0 Å². The first-order valence-corrected chi connectivity index (χ1v) is 9.69.